The summed E-state index contributed by atoms with van der Waals surface area (Å²) in [4.78, 5) is 11.7. The zero-order chi connectivity index (χ0) is 11.1. The Bertz CT molecular complexity index is 193. The van der Waals surface area contributed by atoms with E-state index in [1.807, 2.05) is 11.8 Å². The smallest absolute Gasteiger partial charge is 0.237 e. The van der Waals surface area contributed by atoms with E-state index in [4.69, 9.17) is 0 Å². The Labute approximate surface area is 96.8 Å². The van der Waals surface area contributed by atoms with Gasteiger partial charge in [0.05, 0.1) is 6.04 Å². The van der Waals surface area contributed by atoms with Crippen LogP contribution in [0.4, 0.5) is 0 Å². The van der Waals surface area contributed by atoms with Gasteiger partial charge in [0.2, 0.25) is 5.91 Å². The maximum Gasteiger partial charge on any atom is 0.237 e. The fraction of sp³-hybridized carbons (Fsp3) is 0.909. The summed E-state index contributed by atoms with van der Waals surface area (Å²) in [6.45, 7) is 5.23. The van der Waals surface area contributed by atoms with Crippen molar-refractivity contribution in [1.82, 2.24) is 10.6 Å². The van der Waals surface area contributed by atoms with Crippen LogP contribution in [0.1, 0.15) is 33.1 Å². The van der Waals surface area contributed by atoms with E-state index in [1.165, 1.54) is 0 Å². The van der Waals surface area contributed by atoms with Crippen molar-refractivity contribution >= 4 is 17.7 Å². The van der Waals surface area contributed by atoms with Gasteiger partial charge < -0.3 is 10.6 Å². The van der Waals surface area contributed by atoms with E-state index in [9.17, 15) is 4.79 Å². The third kappa shape index (κ3) is 4.89. The van der Waals surface area contributed by atoms with E-state index in [0.717, 1.165) is 37.3 Å². The lowest BCUT2D eigenvalue weighted by molar-refractivity contribution is -0.123. The summed E-state index contributed by atoms with van der Waals surface area (Å²) >= 11 is 1.93. The Hall–Kier alpha value is -0.220. The first-order chi connectivity index (χ1) is 7.24. The van der Waals surface area contributed by atoms with Crippen molar-refractivity contribution in [3.05, 3.63) is 0 Å². The second-order valence-electron chi connectivity index (χ2n) is 4.04. The van der Waals surface area contributed by atoms with Crippen molar-refractivity contribution in [2.75, 3.05) is 18.1 Å². The highest BCUT2D eigenvalue weighted by molar-refractivity contribution is 7.99. The molecule has 1 amide bonds. The second kappa shape index (κ2) is 7.12. The predicted octanol–water partition coefficient (Wildman–Crippen LogP) is 1.39. The SMILES string of the molecule is CCSCCC(C)NC(=O)C1CCCN1. The summed E-state index contributed by atoms with van der Waals surface area (Å²) in [5.41, 5.74) is 0. The van der Waals surface area contributed by atoms with Crippen molar-refractivity contribution in [1.29, 1.82) is 0 Å². The first kappa shape index (κ1) is 12.8. The molecule has 1 saturated heterocycles. The van der Waals surface area contributed by atoms with Crippen molar-refractivity contribution in [2.24, 2.45) is 0 Å². The number of carbonyl (C=O) groups excluding carboxylic acids is 1. The molecule has 1 rings (SSSR count). The summed E-state index contributed by atoms with van der Waals surface area (Å²) < 4.78 is 0. The molecular weight excluding hydrogens is 208 g/mol. The maximum absolute atomic E-state index is 11.7. The molecule has 4 heteroatoms. The monoisotopic (exact) mass is 230 g/mol. The third-order valence-electron chi connectivity index (χ3n) is 2.66. The molecule has 0 bridgehead atoms. The zero-order valence-electron chi connectivity index (χ0n) is 9.71. The first-order valence-electron chi connectivity index (χ1n) is 5.85. The molecule has 15 heavy (non-hydrogen) atoms. The Morgan fingerprint density at radius 3 is 3.07 bits per heavy atom. The number of nitrogens with one attached hydrogen (secondary N) is 2. The number of hydrogen-bond donors (Lipinski definition) is 2. The summed E-state index contributed by atoms with van der Waals surface area (Å²) in [7, 11) is 0. The molecule has 0 aromatic rings. The fourth-order valence-corrected chi connectivity index (χ4v) is 2.54. The van der Waals surface area contributed by atoms with Crippen LogP contribution in [0, 0.1) is 0 Å². The van der Waals surface area contributed by atoms with Gasteiger partial charge in [0.25, 0.3) is 0 Å². The summed E-state index contributed by atoms with van der Waals surface area (Å²) in [6.07, 6.45) is 3.18. The molecule has 2 unspecified atom stereocenters. The molecule has 0 aromatic carbocycles. The molecule has 1 heterocycles. The average Bonchev–Trinajstić information content (AvgIpc) is 2.70. The molecule has 1 aliphatic heterocycles. The van der Waals surface area contributed by atoms with Crippen LogP contribution in [0.5, 0.6) is 0 Å². The number of thioether (sulfide) groups is 1. The van der Waals surface area contributed by atoms with E-state index in [1.54, 1.807) is 0 Å². The van der Waals surface area contributed by atoms with Gasteiger partial charge in [-0.15, -0.1) is 0 Å². The molecule has 0 spiro atoms. The molecule has 0 aromatic heterocycles. The molecule has 1 fully saturated rings. The van der Waals surface area contributed by atoms with Crippen LogP contribution in [0.25, 0.3) is 0 Å². The number of rotatable bonds is 6. The lowest BCUT2D eigenvalue weighted by atomic mass is 10.2. The van der Waals surface area contributed by atoms with Gasteiger partial charge >= 0.3 is 0 Å². The topological polar surface area (TPSA) is 41.1 Å². The summed E-state index contributed by atoms with van der Waals surface area (Å²) in [6, 6.07) is 0.366. The van der Waals surface area contributed by atoms with Gasteiger partial charge in [-0.2, -0.15) is 11.8 Å². The van der Waals surface area contributed by atoms with Crippen molar-refractivity contribution in [2.45, 2.75) is 45.2 Å². The number of carbonyl (C=O) groups is 1. The van der Waals surface area contributed by atoms with Crippen LogP contribution < -0.4 is 10.6 Å². The maximum atomic E-state index is 11.7. The minimum absolute atomic E-state index is 0.0614. The number of hydrogen-bond acceptors (Lipinski definition) is 3. The van der Waals surface area contributed by atoms with Crippen LogP contribution in [0.3, 0.4) is 0 Å². The van der Waals surface area contributed by atoms with Crippen molar-refractivity contribution < 1.29 is 4.79 Å². The largest absolute Gasteiger partial charge is 0.352 e. The average molecular weight is 230 g/mol. The Kier molecular flexibility index (Phi) is 6.10. The van der Waals surface area contributed by atoms with Gasteiger partial charge in [0, 0.05) is 6.04 Å². The lowest BCUT2D eigenvalue weighted by Gasteiger charge is -2.16. The summed E-state index contributed by atoms with van der Waals surface area (Å²) in [5.74, 6) is 2.47. The highest BCUT2D eigenvalue weighted by atomic mass is 32.2. The highest BCUT2D eigenvalue weighted by Gasteiger charge is 2.22. The van der Waals surface area contributed by atoms with Crippen molar-refractivity contribution in [3.8, 4) is 0 Å². The van der Waals surface area contributed by atoms with Gasteiger partial charge in [-0.1, -0.05) is 6.92 Å². The van der Waals surface area contributed by atoms with Crippen LogP contribution in [0.15, 0.2) is 0 Å². The highest BCUT2D eigenvalue weighted by Crippen LogP contribution is 2.07. The molecular formula is C11H22N2OS. The van der Waals surface area contributed by atoms with E-state index >= 15 is 0 Å². The lowest BCUT2D eigenvalue weighted by Crippen LogP contribution is -2.44. The van der Waals surface area contributed by atoms with E-state index in [2.05, 4.69) is 24.5 Å². The van der Waals surface area contributed by atoms with Gasteiger partial charge in [0.1, 0.15) is 0 Å². The van der Waals surface area contributed by atoms with Crippen LogP contribution in [-0.4, -0.2) is 36.0 Å². The van der Waals surface area contributed by atoms with Crippen molar-refractivity contribution in [3.63, 3.8) is 0 Å². The summed E-state index contributed by atoms with van der Waals surface area (Å²) in [5, 5.41) is 6.28. The molecule has 3 nitrogen and oxygen atoms in total. The van der Waals surface area contributed by atoms with E-state index in [0.29, 0.717) is 6.04 Å². The van der Waals surface area contributed by atoms with Crippen LogP contribution in [0.2, 0.25) is 0 Å². The normalized spacial score (nSPS) is 22.7. The minimum Gasteiger partial charge on any atom is -0.352 e. The molecule has 2 atom stereocenters. The molecule has 0 radical (unpaired) electrons. The molecule has 0 saturated carbocycles. The Balaban J connectivity index is 2.13. The molecule has 88 valence electrons. The van der Waals surface area contributed by atoms with Gasteiger partial charge in [-0.3, -0.25) is 4.79 Å². The molecule has 1 aliphatic rings. The standard InChI is InChI=1S/C11H22N2OS/c1-3-15-8-6-9(2)13-11(14)10-5-4-7-12-10/h9-10,12H,3-8H2,1-2H3,(H,13,14). The van der Waals surface area contributed by atoms with Gasteiger partial charge in [-0.05, 0) is 44.2 Å². The zero-order valence-corrected chi connectivity index (χ0v) is 10.5. The van der Waals surface area contributed by atoms with Gasteiger partial charge in [0.15, 0.2) is 0 Å². The van der Waals surface area contributed by atoms with E-state index < -0.39 is 0 Å². The fourth-order valence-electron chi connectivity index (χ4n) is 1.73. The predicted molar refractivity (Wildman–Crippen MR) is 66.2 cm³/mol. The third-order valence-corrected chi connectivity index (χ3v) is 3.60. The van der Waals surface area contributed by atoms with Gasteiger partial charge in [-0.25, -0.2) is 0 Å². The molecule has 2 N–H and O–H groups in total. The van der Waals surface area contributed by atoms with Crippen LogP contribution in [-0.2, 0) is 4.79 Å². The Morgan fingerprint density at radius 1 is 1.67 bits per heavy atom. The number of amides is 1. The molecule has 0 aliphatic carbocycles. The first-order valence-corrected chi connectivity index (χ1v) is 7.01. The minimum atomic E-state index is 0.0614. The quantitative estimate of drug-likeness (QED) is 0.678. The van der Waals surface area contributed by atoms with Crippen LogP contribution >= 0.6 is 11.8 Å². The second-order valence-corrected chi connectivity index (χ2v) is 5.44. The Morgan fingerprint density at radius 2 is 2.47 bits per heavy atom. The van der Waals surface area contributed by atoms with E-state index in [-0.39, 0.29) is 11.9 Å².